The summed E-state index contributed by atoms with van der Waals surface area (Å²) in [5.41, 5.74) is 0. The summed E-state index contributed by atoms with van der Waals surface area (Å²) >= 11 is 0. The molecule has 3 atom stereocenters. The highest BCUT2D eigenvalue weighted by Crippen LogP contribution is 2.39. The van der Waals surface area contributed by atoms with Gasteiger partial charge in [-0.1, -0.05) is 6.42 Å². The minimum Gasteiger partial charge on any atom is -0.305 e. The fraction of sp³-hybridized carbons (Fsp3) is 1.00. The van der Waals surface area contributed by atoms with Crippen molar-refractivity contribution in [2.75, 3.05) is 33.2 Å². The first kappa shape index (κ1) is 10.1. The highest BCUT2D eigenvalue weighted by molar-refractivity contribution is 4.92. The SMILES string of the molecule is CN1CCCC(N2C[C@H]3CCC[C@H]3C2)C1. The lowest BCUT2D eigenvalue weighted by Crippen LogP contribution is -2.45. The number of likely N-dealkylation sites (tertiary alicyclic amines) is 2. The molecular weight excluding hydrogens is 184 g/mol. The Bertz CT molecular complexity index is 217. The third kappa shape index (κ3) is 1.94. The highest BCUT2D eigenvalue weighted by Gasteiger charge is 2.39. The van der Waals surface area contributed by atoms with E-state index in [2.05, 4.69) is 16.8 Å². The maximum Gasteiger partial charge on any atom is 0.0223 e. The van der Waals surface area contributed by atoms with E-state index in [0.717, 1.165) is 17.9 Å². The van der Waals surface area contributed by atoms with Crippen molar-refractivity contribution in [2.45, 2.75) is 38.1 Å². The van der Waals surface area contributed by atoms with E-state index in [4.69, 9.17) is 0 Å². The van der Waals surface area contributed by atoms with Gasteiger partial charge in [-0.25, -0.2) is 0 Å². The number of likely N-dealkylation sites (N-methyl/N-ethyl adjacent to an activating group) is 1. The molecule has 2 heteroatoms. The summed E-state index contributed by atoms with van der Waals surface area (Å²) in [6.07, 6.45) is 7.40. The van der Waals surface area contributed by atoms with Crippen molar-refractivity contribution >= 4 is 0 Å². The second-order valence-corrected chi connectivity index (χ2v) is 5.96. The van der Waals surface area contributed by atoms with E-state index >= 15 is 0 Å². The van der Waals surface area contributed by atoms with Crippen LogP contribution < -0.4 is 0 Å². The van der Waals surface area contributed by atoms with Crippen molar-refractivity contribution in [3.63, 3.8) is 0 Å². The topological polar surface area (TPSA) is 6.48 Å². The maximum atomic E-state index is 2.81. The number of hydrogen-bond donors (Lipinski definition) is 0. The van der Waals surface area contributed by atoms with Crippen LogP contribution in [-0.4, -0.2) is 49.1 Å². The third-order valence-corrected chi connectivity index (χ3v) is 4.87. The molecule has 15 heavy (non-hydrogen) atoms. The fourth-order valence-corrected chi connectivity index (χ4v) is 4.01. The normalized spacial score (nSPS) is 43.4. The minimum atomic E-state index is 0.884. The van der Waals surface area contributed by atoms with Crippen LogP contribution in [0.25, 0.3) is 0 Å². The van der Waals surface area contributed by atoms with E-state index in [9.17, 15) is 0 Å². The van der Waals surface area contributed by atoms with Crippen LogP contribution in [0, 0.1) is 11.8 Å². The van der Waals surface area contributed by atoms with Crippen LogP contribution >= 0.6 is 0 Å². The Morgan fingerprint density at radius 3 is 2.27 bits per heavy atom. The molecule has 0 amide bonds. The quantitative estimate of drug-likeness (QED) is 0.648. The highest BCUT2D eigenvalue weighted by atomic mass is 15.2. The second kappa shape index (κ2) is 4.06. The molecule has 1 unspecified atom stereocenters. The first-order chi connectivity index (χ1) is 7.33. The summed E-state index contributed by atoms with van der Waals surface area (Å²) < 4.78 is 0. The summed E-state index contributed by atoms with van der Waals surface area (Å²) in [4.78, 5) is 5.33. The Labute approximate surface area is 93.6 Å². The summed E-state index contributed by atoms with van der Waals surface area (Å²) in [5.74, 6) is 2.13. The standard InChI is InChI=1S/C13H24N2/c1-14-7-3-6-13(10-14)15-8-11-4-2-5-12(11)9-15/h11-13H,2-10H2,1H3/t11-,12+,13?. The van der Waals surface area contributed by atoms with E-state index in [1.54, 1.807) is 0 Å². The molecule has 0 aromatic rings. The summed E-state index contributed by atoms with van der Waals surface area (Å²) in [5, 5.41) is 0. The van der Waals surface area contributed by atoms with Crippen molar-refractivity contribution in [1.82, 2.24) is 9.80 Å². The molecule has 1 saturated carbocycles. The van der Waals surface area contributed by atoms with Gasteiger partial charge in [-0.05, 0) is 51.1 Å². The van der Waals surface area contributed by atoms with Gasteiger partial charge in [0.1, 0.15) is 0 Å². The summed E-state index contributed by atoms with van der Waals surface area (Å²) in [6.45, 7) is 5.48. The number of hydrogen-bond acceptors (Lipinski definition) is 2. The molecule has 3 aliphatic rings. The van der Waals surface area contributed by atoms with Gasteiger partial charge in [0.05, 0.1) is 0 Å². The predicted molar refractivity (Wildman–Crippen MR) is 62.9 cm³/mol. The first-order valence-corrected chi connectivity index (χ1v) is 6.75. The first-order valence-electron chi connectivity index (χ1n) is 6.75. The smallest absolute Gasteiger partial charge is 0.0223 e. The lowest BCUT2D eigenvalue weighted by molar-refractivity contribution is 0.126. The average Bonchev–Trinajstić information content (AvgIpc) is 2.76. The second-order valence-electron chi connectivity index (χ2n) is 5.96. The van der Waals surface area contributed by atoms with Crippen LogP contribution in [0.5, 0.6) is 0 Å². The zero-order valence-corrected chi connectivity index (χ0v) is 9.99. The Balaban J connectivity index is 1.59. The zero-order chi connectivity index (χ0) is 10.3. The fourth-order valence-electron chi connectivity index (χ4n) is 4.01. The van der Waals surface area contributed by atoms with E-state index < -0.39 is 0 Å². The minimum absolute atomic E-state index is 0.884. The van der Waals surface area contributed by atoms with Crippen molar-refractivity contribution in [1.29, 1.82) is 0 Å². The molecule has 0 aromatic heterocycles. The van der Waals surface area contributed by atoms with Crippen molar-refractivity contribution in [3.8, 4) is 0 Å². The van der Waals surface area contributed by atoms with E-state index in [0.29, 0.717) is 0 Å². The molecule has 0 radical (unpaired) electrons. The molecule has 86 valence electrons. The van der Waals surface area contributed by atoms with Gasteiger partial charge in [0.15, 0.2) is 0 Å². The molecule has 0 spiro atoms. The van der Waals surface area contributed by atoms with Crippen LogP contribution in [0.4, 0.5) is 0 Å². The molecule has 2 nitrogen and oxygen atoms in total. The maximum absolute atomic E-state index is 2.81. The molecular formula is C13H24N2. The molecule has 0 N–H and O–H groups in total. The largest absolute Gasteiger partial charge is 0.305 e. The Kier molecular flexibility index (Phi) is 2.73. The Morgan fingerprint density at radius 1 is 0.867 bits per heavy atom. The monoisotopic (exact) mass is 208 g/mol. The predicted octanol–water partition coefficient (Wildman–Crippen LogP) is 1.81. The van der Waals surface area contributed by atoms with Crippen molar-refractivity contribution in [2.24, 2.45) is 11.8 Å². The lowest BCUT2D eigenvalue weighted by atomic mass is 10.0. The zero-order valence-electron chi connectivity index (χ0n) is 9.99. The van der Waals surface area contributed by atoms with Crippen LogP contribution in [0.1, 0.15) is 32.1 Å². The number of rotatable bonds is 1. The molecule has 0 aromatic carbocycles. The number of fused-ring (bicyclic) bond motifs is 1. The van der Waals surface area contributed by atoms with Gasteiger partial charge in [-0.15, -0.1) is 0 Å². The molecule has 2 heterocycles. The van der Waals surface area contributed by atoms with Gasteiger partial charge in [0.2, 0.25) is 0 Å². The van der Waals surface area contributed by atoms with Crippen molar-refractivity contribution < 1.29 is 0 Å². The summed E-state index contributed by atoms with van der Waals surface area (Å²) in [6, 6.07) is 0.884. The average molecular weight is 208 g/mol. The van der Waals surface area contributed by atoms with Crippen molar-refractivity contribution in [3.05, 3.63) is 0 Å². The van der Waals surface area contributed by atoms with Gasteiger partial charge in [-0.2, -0.15) is 0 Å². The van der Waals surface area contributed by atoms with Gasteiger partial charge in [0.25, 0.3) is 0 Å². The van der Waals surface area contributed by atoms with Gasteiger partial charge in [-0.3, -0.25) is 4.90 Å². The lowest BCUT2D eigenvalue weighted by Gasteiger charge is -2.36. The molecule has 3 rings (SSSR count). The Morgan fingerprint density at radius 2 is 1.60 bits per heavy atom. The van der Waals surface area contributed by atoms with Gasteiger partial charge in [0, 0.05) is 25.7 Å². The molecule has 2 saturated heterocycles. The number of nitrogens with zero attached hydrogens (tertiary/aromatic N) is 2. The van der Waals surface area contributed by atoms with Crippen LogP contribution in [0.15, 0.2) is 0 Å². The van der Waals surface area contributed by atoms with E-state index in [1.807, 2.05) is 0 Å². The van der Waals surface area contributed by atoms with E-state index in [1.165, 1.54) is 58.3 Å². The van der Waals surface area contributed by atoms with Gasteiger partial charge >= 0.3 is 0 Å². The third-order valence-electron chi connectivity index (χ3n) is 4.87. The molecule has 2 aliphatic heterocycles. The Hall–Kier alpha value is -0.0800. The van der Waals surface area contributed by atoms with Crippen LogP contribution in [0.2, 0.25) is 0 Å². The molecule has 0 bridgehead atoms. The molecule has 1 aliphatic carbocycles. The summed E-state index contributed by atoms with van der Waals surface area (Å²) in [7, 11) is 2.28. The van der Waals surface area contributed by atoms with Crippen LogP contribution in [0.3, 0.4) is 0 Å². The van der Waals surface area contributed by atoms with Gasteiger partial charge < -0.3 is 4.90 Å². The van der Waals surface area contributed by atoms with E-state index in [-0.39, 0.29) is 0 Å². The molecule has 3 fully saturated rings. The number of piperidine rings is 1. The van der Waals surface area contributed by atoms with Crippen LogP contribution in [-0.2, 0) is 0 Å².